The monoisotopic (exact) mass is 428 g/mol. The van der Waals surface area contributed by atoms with Crippen molar-refractivity contribution in [2.24, 2.45) is 11.1 Å². The number of benzene rings is 1. The number of oxime groups is 1. The summed E-state index contributed by atoms with van der Waals surface area (Å²) in [4.78, 5) is 16.8. The Balaban J connectivity index is 2.00. The fraction of sp³-hybridized carbons (Fsp3) is 0.458. The van der Waals surface area contributed by atoms with Gasteiger partial charge in [-0.15, -0.1) is 0 Å². The number of esters is 1. The van der Waals surface area contributed by atoms with E-state index < -0.39 is 6.10 Å². The lowest BCUT2D eigenvalue weighted by Gasteiger charge is -2.15. The van der Waals surface area contributed by atoms with Crippen molar-refractivity contribution in [3.63, 3.8) is 0 Å². The second-order valence-electron chi connectivity index (χ2n) is 7.66. The van der Waals surface area contributed by atoms with Crippen LogP contribution < -0.4 is 0 Å². The van der Waals surface area contributed by atoms with Gasteiger partial charge in [-0.2, -0.15) is 0 Å². The molecule has 0 unspecified atom stereocenters. The Morgan fingerprint density at radius 3 is 2.45 bits per heavy atom. The Labute approximate surface area is 184 Å². The van der Waals surface area contributed by atoms with Crippen LogP contribution >= 0.6 is 0 Å². The van der Waals surface area contributed by atoms with E-state index in [1.807, 2.05) is 26.0 Å². The normalized spacial score (nSPS) is 14.7. The summed E-state index contributed by atoms with van der Waals surface area (Å²) in [7, 11) is 2.96. The molecular formula is C24H32N2O5. The van der Waals surface area contributed by atoms with E-state index in [9.17, 15) is 4.79 Å². The molecule has 0 bridgehead atoms. The first-order chi connectivity index (χ1) is 14.8. The summed E-state index contributed by atoms with van der Waals surface area (Å²) >= 11 is 0. The number of carbonyl (C=O) groups is 1. The van der Waals surface area contributed by atoms with Crippen molar-refractivity contribution in [3.8, 4) is 11.3 Å². The second kappa shape index (κ2) is 11.5. The zero-order valence-electron chi connectivity index (χ0n) is 19.3. The number of hydrogen-bond acceptors (Lipinski definition) is 7. The largest absolute Gasteiger partial charge is 0.469 e. The number of nitrogens with zero attached hydrogens (tertiary/aromatic N) is 2. The molecule has 0 spiro atoms. The molecule has 0 aliphatic rings. The second-order valence-corrected chi connectivity index (χ2v) is 7.66. The van der Waals surface area contributed by atoms with Crippen LogP contribution in [-0.2, 0) is 19.1 Å². The summed E-state index contributed by atoms with van der Waals surface area (Å²) in [5, 5.41) is 8.29. The summed E-state index contributed by atoms with van der Waals surface area (Å²) in [6, 6.07) is 6.15. The van der Waals surface area contributed by atoms with E-state index >= 15 is 0 Å². The molecule has 0 aliphatic heterocycles. The summed E-state index contributed by atoms with van der Waals surface area (Å²) in [5.41, 5.74) is 5.38. The van der Waals surface area contributed by atoms with Gasteiger partial charge >= 0.3 is 5.97 Å². The summed E-state index contributed by atoms with van der Waals surface area (Å²) in [5.74, 6) is 0.305. The number of aromatic nitrogens is 1. The Bertz CT molecular complexity index is 909. The molecule has 0 saturated carbocycles. The van der Waals surface area contributed by atoms with Crippen LogP contribution in [0.5, 0.6) is 0 Å². The number of hydrogen-bond donors (Lipinski definition) is 0. The van der Waals surface area contributed by atoms with Gasteiger partial charge in [0.05, 0.1) is 19.7 Å². The first-order valence-corrected chi connectivity index (χ1v) is 10.3. The van der Waals surface area contributed by atoms with Gasteiger partial charge in [-0.25, -0.2) is 0 Å². The van der Waals surface area contributed by atoms with Gasteiger partial charge in [0.2, 0.25) is 0 Å². The number of rotatable bonds is 10. The van der Waals surface area contributed by atoms with E-state index in [-0.39, 0.29) is 24.4 Å². The SMILES string of the molecule is COC(=O)CC=C[C@@H](C)[C@@H](C=NO[C@@H](C)c1cc(-c2c(C)cc(C)cc2C)no1)OC. The van der Waals surface area contributed by atoms with Crippen molar-refractivity contribution >= 4 is 12.2 Å². The van der Waals surface area contributed by atoms with E-state index in [0.717, 1.165) is 22.4 Å². The first kappa shape index (κ1) is 24.3. The Hall–Kier alpha value is -2.93. The van der Waals surface area contributed by atoms with Crippen LogP contribution in [0, 0.1) is 26.7 Å². The van der Waals surface area contributed by atoms with Crippen LogP contribution in [-0.4, -0.2) is 37.7 Å². The van der Waals surface area contributed by atoms with Crippen LogP contribution in [0.1, 0.15) is 48.8 Å². The molecule has 1 heterocycles. The molecule has 2 aromatic rings. The van der Waals surface area contributed by atoms with Gasteiger partial charge in [0.25, 0.3) is 0 Å². The van der Waals surface area contributed by atoms with Crippen LogP contribution in [0.25, 0.3) is 11.3 Å². The molecular weight excluding hydrogens is 396 g/mol. The molecule has 0 radical (unpaired) electrons. The molecule has 0 saturated heterocycles. The molecule has 0 N–H and O–H groups in total. The van der Waals surface area contributed by atoms with Gasteiger partial charge in [0.1, 0.15) is 11.8 Å². The maximum atomic E-state index is 11.2. The number of aryl methyl sites for hydroxylation is 3. The fourth-order valence-electron chi connectivity index (χ4n) is 3.40. The third kappa shape index (κ3) is 6.79. The predicted octanol–water partition coefficient (Wildman–Crippen LogP) is 5.10. The molecule has 7 heteroatoms. The third-order valence-electron chi connectivity index (χ3n) is 5.03. The minimum absolute atomic E-state index is 0.00156. The first-order valence-electron chi connectivity index (χ1n) is 10.3. The molecule has 1 aromatic heterocycles. The fourth-order valence-corrected chi connectivity index (χ4v) is 3.40. The van der Waals surface area contributed by atoms with E-state index in [0.29, 0.717) is 5.76 Å². The highest BCUT2D eigenvalue weighted by Crippen LogP contribution is 2.30. The van der Waals surface area contributed by atoms with Crippen LogP contribution in [0.15, 0.2) is 40.0 Å². The standard InChI is InChI=1S/C24H32N2O5/c1-15-11-17(3)24(18(4)12-15)20-13-21(31-26-20)19(5)30-25-14-22(28-6)16(2)9-8-10-23(27)29-7/h8-9,11-14,16,19,22H,10H2,1-7H3/t16-,19+,22-/m1/s1. The van der Waals surface area contributed by atoms with Gasteiger partial charge in [-0.05, 0) is 38.8 Å². The van der Waals surface area contributed by atoms with Gasteiger partial charge in [-0.1, -0.05) is 47.1 Å². The Morgan fingerprint density at radius 2 is 1.84 bits per heavy atom. The molecule has 0 amide bonds. The van der Waals surface area contributed by atoms with Crippen LogP contribution in [0.2, 0.25) is 0 Å². The van der Waals surface area contributed by atoms with Gasteiger partial charge in [0.15, 0.2) is 11.9 Å². The molecule has 0 fully saturated rings. The lowest BCUT2D eigenvalue weighted by Crippen LogP contribution is -2.20. The highest BCUT2D eigenvalue weighted by molar-refractivity contribution is 5.71. The number of carbonyl (C=O) groups excluding carboxylic acids is 1. The highest BCUT2D eigenvalue weighted by atomic mass is 16.6. The molecule has 3 atom stereocenters. The summed E-state index contributed by atoms with van der Waals surface area (Å²) in [6.07, 6.45) is 4.74. The van der Waals surface area contributed by atoms with Crippen molar-refractivity contribution in [1.82, 2.24) is 5.16 Å². The van der Waals surface area contributed by atoms with Gasteiger partial charge < -0.3 is 18.8 Å². The van der Waals surface area contributed by atoms with Crippen molar-refractivity contribution < 1.29 is 23.6 Å². The van der Waals surface area contributed by atoms with Gasteiger partial charge in [0, 0.05) is 24.7 Å². The predicted molar refractivity (Wildman–Crippen MR) is 120 cm³/mol. The summed E-state index contributed by atoms with van der Waals surface area (Å²) < 4.78 is 15.6. The Morgan fingerprint density at radius 1 is 1.16 bits per heavy atom. The van der Waals surface area contributed by atoms with E-state index in [2.05, 4.69) is 48.0 Å². The molecule has 1 aromatic carbocycles. The van der Waals surface area contributed by atoms with Crippen LogP contribution in [0.4, 0.5) is 0 Å². The lowest BCUT2D eigenvalue weighted by molar-refractivity contribution is -0.139. The van der Waals surface area contributed by atoms with Crippen molar-refractivity contribution in [2.75, 3.05) is 14.2 Å². The average molecular weight is 429 g/mol. The maximum absolute atomic E-state index is 11.2. The minimum Gasteiger partial charge on any atom is -0.469 e. The van der Waals surface area contributed by atoms with E-state index in [1.165, 1.54) is 12.7 Å². The smallest absolute Gasteiger partial charge is 0.309 e. The van der Waals surface area contributed by atoms with Crippen LogP contribution in [0.3, 0.4) is 0 Å². The molecule has 0 aliphatic carbocycles. The Kier molecular flexibility index (Phi) is 9.00. The van der Waals surface area contributed by atoms with Crippen molar-refractivity contribution in [2.45, 2.75) is 53.2 Å². The van der Waals surface area contributed by atoms with E-state index in [1.54, 1.807) is 19.4 Å². The molecule has 168 valence electrons. The molecule has 31 heavy (non-hydrogen) atoms. The third-order valence-corrected chi connectivity index (χ3v) is 5.03. The molecule has 2 rings (SSSR count). The average Bonchev–Trinajstić information content (AvgIpc) is 3.19. The number of methoxy groups -OCH3 is 2. The minimum atomic E-state index is -0.411. The van der Waals surface area contributed by atoms with E-state index in [4.69, 9.17) is 14.1 Å². The maximum Gasteiger partial charge on any atom is 0.309 e. The molecule has 7 nitrogen and oxygen atoms in total. The zero-order valence-corrected chi connectivity index (χ0v) is 19.3. The summed E-state index contributed by atoms with van der Waals surface area (Å²) in [6.45, 7) is 10.0. The van der Waals surface area contributed by atoms with Crippen molar-refractivity contribution in [1.29, 1.82) is 0 Å². The topological polar surface area (TPSA) is 83.2 Å². The number of ether oxygens (including phenoxy) is 2. The van der Waals surface area contributed by atoms with Gasteiger partial charge in [-0.3, -0.25) is 4.79 Å². The quantitative estimate of drug-likeness (QED) is 0.227. The van der Waals surface area contributed by atoms with Crippen molar-refractivity contribution in [3.05, 3.63) is 52.8 Å². The lowest BCUT2D eigenvalue weighted by atomic mass is 9.97. The zero-order chi connectivity index (χ0) is 23.0. The highest BCUT2D eigenvalue weighted by Gasteiger charge is 2.18.